The normalized spacial score (nSPS) is 15.4. The van der Waals surface area contributed by atoms with Gasteiger partial charge < -0.3 is 10.1 Å². The third-order valence-corrected chi connectivity index (χ3v) is 5.83. The van der Waals surface area contributed by atoms with Crippen molar-refractivity contribution in [3.05, 3.63) is 96.1 Å². The molecule has 1 saturated carbocycles. The average Bonchev–Trinajstić information content (AvgIpc) is 2.80. The molecule has 0 atom stereocenters. The quantitative estimate of drug-likeness (QED) is 0.556. The number of nitrogens with one attached hydrogen (secondary N) is 1. The second-order valence-electron chi connectivity index (χ2n) is 7.76. The maximum Gasteiger partial charge on any atom is 0.235 e. The van der Waals surface area contributed by atoms with E-state index in [1.54, 1.807) is 0 Å². The predicted molar refractivity (Wildman–Crippen MR) is 117 cm³/mol. The summed E-state index contributed by atoms with van der Waals surface area (Å²) < 4.78 is 5.84. The van der Waals surface area contributed by atoms with Crippen LogP contribution in [0.25, 0.3) is 0 Å². The molecular weight excluding hydrogens is 358 g/mol. The zero-order chi connectivity index (χ0) is 19.9. The number of carbonyl (C=O) groups is 1. The lowest BCUT2D eigenvalue weighted by atomic mass is 9.68. The number of benzene rings is 3. The van der Waals surface area contributed by atoms with Crippen molar-refractivity contribution in [3.8, 4) is 5.75 Å². The highest BCUT2D eigenvalue weighted by Crippen LogP contribution is 2.40. The first-order valence-corrected chi connectivity index (χ1v) is 10.4. The van der Waals surface area contributed by atoms with E-state index in [0.717, 1.165) is 48.2 Å². The fourth-order valence-corrected chi connectivity index (χ4v) is 4.19. The lowest BCUT2D eigenvalue weighted by molar-refractivity contribution is -0.122. The number of amides is 1. The van der Waals surface area contributed by atoms with Gasteiger partial charge in [0.15, 0.2) is 0 Å². The Morgan fingerprint density at radius 3 is 2.07 bits per heavy atom. The molecule has 1 aliphatic rings. The minimum absolute atomic E-state index is 0.0985. The van der Waals surface area contributed by atoms with Gasteiger partial charge in [-0.2, -0.15) is 0 Å². The Morgan fingerprint density at radius 1 is 0.793 bits per heavy atom. The second-order valence-corrected chi connectivity index (χ2v) is 7.76. The molecule has 1 aliphatic carbocycles. The Bertz CT molecular complexity index is 914. The number of carbonyl (C=O) groups excluding carboxylic acids is 1. The molecule has 0 aromatic heterocycles. The zero-order valence-corrected chi connectivity index (χ0v) is 16.6. The van der Waals surface area contributed by atoms with Gasteiger partial charge in [-0.05, 0) is 48.2 Å². The van der Waals surface area contributed by atoms with Crippen LogP contribution in [0.2, 0.25) is 0 Å². The summed E-state index contributed by atoms with van der Waals surface area (Å²) in [6.45, 7) is 0.531. The molecule has 148 valence electrons. The molecule has 1 N–H and O–H groups in total. The first-order chi connectivity index (χ1) is 14.3. The summed E-state index contributed by atoms with van der Waals surface area (Å²) in [5, 5.41) is 3.16. The molecule has 1 fully saturated rings. The average molecular weight is 386 g/mol. The van der Waals surface area contributed by atoms with Gasteiger partial charge in [0.1, 0.15) is 12.4 Å². The molecule has 3 aromatic rings. The van der Waals surface area contributed by atoms with Crippen LogP contribution in [0.5, 0.6) is 5.75 Å². The molecule has 0 spiro atoms. The van der Waals surface area contributed by atoms with Gasteiger partial charge in [0.25, 0.3) is 0 Å². The van der Waals surface area contributed by atoms with Crippen LogP contribution in [0.15, 0.2) is 84.9 Å². The van der Waals surface area contributed by atoms with Crippen LogP contribution in [0.4, 0.5) is 5.69 Å². The third-order valence-electron chi connectivity index (χ3n) is 5.83. The Labute approximate surface area is 172 Å². The van der Waals surface area contributed by atoms with Crippen molar-refractivity contribution in [2.75, 3.05) is 5.32 Å². The standard InChI is InChI=1S/C26H27NO2/c28-25(26(18-8-3-9-19-26)22-12-6-2-7-13-22)27-23-14-16-24(17-15-23)29-20-21-10-4-1-5-11-21/h1-2,4-7,10-17H,3,8-9,18-20H2,(H,27,28). The van der Waals surface area contributed by atoms with Crippen molar-refractivity contribution in [1.29, 1.82) is 0 Å². The molecule has 0 unspecified atom stereocenters. The van der Waals surface area contributed by atoms with E-state index in [1.807, 2.05) is 72.8 Å². The van der Waals surface area contributed by atoms with Crippen molar-refractivity contribution in [2.24, 2.45) is 0 Å². The lowest BCUT2D eigenvalue weighted by Crippen LogP contribution is -2.42. The highest BCUT2D eigenvalue weighted by Gasteiger charge is 2.40. The summed E-state index contributed by atoms with van der Waals surface area (Å²) in [6, 6.07) is 28.0. The van der Waals surface area contributed by atoms with Gasteiger partial charge in [-0.15, -0.1) is 0 Å². The van der Waals surface area contributed by atoms with Gasteiger partial charge >= 0.3 is 0 Å². The molecule has 0 aliphatic heterocycles. The van der Waals surface area contributed by atoms with Gasteiger partial charge in [-0.3, -0.25) is 4.79 Å². The van der Waals surface area contributed by atoms with Gasteiger partial charge in [0.2, 0.25) is 5.91 Å². The summed E-state index contributed by atoms with van der Waals surface area (Å²) in [5.74, 6) is 0.892. The Balaban J connectivity index is 1.44. The van der Waals surface area contributed by atoms with Crippen LogP contribution in [0.1, 0.15) is 43.2 Å². The Hall–Kier alpha value is -3.07. The Kier molecular flexibility index (Phi) is 5.95. The Morgan fingerprint density at radius 2 is 1.41 bits per heavy atom. The monoisotopic (exact) mass is 385 g/mol. The third kappa shape index (κ3) is 4.51. The number of rotatable bonds is 6. The summed E-state index contributed by atoms with van der Waals surface area (Å²) >= 11 is 0. The molecular formula is C26H27NO2. The molecule has 29 heavy (non-hydrogen) atoms. The number of ether oxygens (including phenoxy) is 1. The minimum atomic E-state index is -0.429. The van der Waals surface area contributed by atoms with Crippen LogP contribution < -0.4 is 10.1 Å². The zero-order valence-electron chi connectivity index (χ0n) is 16.6. The molecule has 0 radical (unpaired) electrons. The van der Waals surface area contributed by atoms with Crippen LogP contribution in [0, 0.1) is 0 Å². The number of hydrogen-bond acceptors (Lipinski definition) is 2. The number of hydrogen-bond donors (Lipinski definition) is 1. The molecule has 3 heteroatoms. The van der Waals surface area contributed by atoms with Gasteiger partial charge in [-0.1, -0.05) is 79.9 Å². The fraction of sp³-hybridized carbons (Fsp3) is 0.269. The van der Waals surface area contributed by atoms with E-state index in [9.17, 15) is 4.79 Å². The first kappa shape index (κ1) is 19.3. The van der Waals surface area contributed by atoms with Gasteiger partial charge in [0.05, 0.1) is 5.41 Å². The lowest BCUT2D eigenvalue weighted by Gasteiger charge is -2.36. The number of anilines is 1. The predicted octanol–water partition coefficient (Wildman–Crippen LogP) is 6.11. The first-order valence-electron chi connectivity index (χ1n) is 10.4. The van der Waals surface area contributed by atoms with Crippen LogP contribution in [-0.2, 0) is 16.8 Å². The van der Waals surface area contributed by atoms with E-state index in [-0.39, 0.29) is 5.91 Å². The highest BCUT2D eigenvalue weighted by molar-refractivity contribution is 5.99. The SMILES string of the molecule is O=C(Nc1ccc(OCc2ccccc2)cc1)C1(c2ccccc2)CCCCC1. The van der Waals surface area contributed by atoms with Crippen LogP contribution in [0.3, 0.4) is 0 Å². The maximum atomic E-state index is 13.3. The molecule has 4 rings (SSSR count). The molecule has 3 nitrogen and oxygen atoms in total. The van der Waals surface area contributed by atoms with E-state index >= 15 is 0 Å². The molecule has 1 amide bonds. The molecule has 0 heterocycles. The summed E-state index contributed by atoms with van der Waals surface area (Å²) in [7, 11) is 0. The fourth-order valence-electron chi connectivity index (χ4n) is 4.19. The van der Waals surface area contributed by atoms with E-state index in [4.69, 9.17) is 4.74 Å². The van der Waals surface area contributed by atoms with E-state index in [0.29, 0.717) is 6.61 Å². The second kappa shape index (κ2) is 8.95. The molecule has 0 saturated heterocycles. The topological polar surface area (TPSA) is 38.3 Å². The van der Waals surface area contributed by atoms with E-state index in [1.165, 1.54) is 6.42 Å². The summed E-state index contributed by atoms with van der Waals surface area (Å²) in [4.78, 5) is 13.3. The molecule has 3 aromatic carbocycles. The van der Waals surface area contributed by atoms with Gasteiger partial charge in [0, 0.05) is 5.69 Å². The smallest absolute Gasteiger partial charge is 0.235 e. The minimum Gasteiger partial charge on any atom is -0.489 e. The van der Waals surface area contributed by atoms with Crippen molar-refractivity contribution in [2.45, 2.75) is 44.1 Å². The van der Waals surface area contributed by atoms with Crippen molar-refractivity contribution < 1.29 is 9.53 Å². The van der Waals surface area contributed by atoms with Gasteiger partial charge in [-0.25, -0.2) is 0 Å². The summed E-state index contributed by atoms with van der Waals surface area (Å²) in [5.41, 5.74) is 2.64. The molecule has 0 bridgehead atoms. The largest absolute Gasteiger partial charge is 0.489 e. The van der Waals surface area contributed by atoms with Crippen molar-refractivity contribution in [1.82, 2.24) is 0 Å². The van der Waals surface area contributed by atoms with E-state index in [2.05, 4.69) is 17.4 Å². The maximum absolute atomic E-state index is 13.3. The van der Waals surface area contributed by atoms with Crippen molar-refractivity contribution >= 4 is 11.6 Å². The summed E-state index contributed by atoms with van der Waals surface area (Å²) in [6.07, 6.45) is 5.20. The van der Waals surface area contributed by atoms with Crippen LogP contribution in [-0.4, -0.2) is 5.91 Å². The van der Waals surface area contributed by atoms with Crippen molar-refractivity contribution in [3.63, 3.8) is 0 Å². The highest BCUT2D eigenvalue weighted by atomic mass is 16.5. The van der Waals surface area contributed by atoms with Crippen LogP contribution >= 0.6 is 0 Å². The van der Waals surface area contributed by atoms with E-state index < -0.39 is 5.41 Å².